The molecule has 0 fully saturated rings. The monoisotopic (exact) mass is 452 g/mol. The summed E-state index contributed by atoms with van der Waals surface area (Å²) >= 11 is 0. The second kappa shape index (κ2) is 10.3. The first-order valence-corrected chi connectivity index (χ1v) is 10.6. The molecule has 0 bridgehead atoms. The average Bonchev–Trinajstić information content (AvgIpc) is 2.78. The van der Waals surface area contributed by atoms with E-state index in [4.69, 9.17) is 4.74 Å². The molecule has 0 N–H and O–H groups in total. The molecular formula is C26H29ClN2O3. The minimum absolute atomic E-state index is 0. The van der Waals surface area contributed by atoms with Crippen molar-refractivity contribution >= 4 is 18.1 Å². The number of benzene rings is 3. The number of non-ortho nitro benzene ring substituents is 1. The largest absolute Gasteiger partial charge is 0.376 e. The lowest BCUT2D eigenvalue weighted by Gasteiger charge is -2.34. The Morgan fingerprint density at radius 2 is 1.59 bits per heavy atom. The molecule has 2 unspecified atom stereocenters. The highest BCUT2D eigenvalue weighted by Gasteiger charge is 2.30. The Bertz CT molecular complexity index is 1080. The number of hydrogen-bond acceptors (Lipinski definition) is 4. The maximum absolute atomic E-state index is 11.1. The molecule has 0 heterocycles. The van der Waals surface area contributed by atoms with E-state index in [2.05, 4.69) is 49.3 Å². The molecule has 0 aromatic heterocycles. The van der Waals surface area contributed by atoms with Gasteiger partial charge in [-0.05, 0) is 60.3 Å². The number of halogens is 1. The third-order valence-electron chi connectivity index (χ3n) is 6.12. The summed E-state index contributed by atoms with van der Waals surface area (Å²) in [6.07, 6.45) is 2.32. The molecule has 0 amide bonds. The van der Waals surface area contributed by atoms with Crippen LogP contribution in [-0.2, 0) is 11.2 Å². The molecule has 1 aliphatic carbocycles. The van der Waals surface area contributed by atoms with Crippen molar-refractivity contribution in [2.24, 2.45) is 5.92 Å². The molecule has 0 saturated heterocycles. The second-order valence-electron chi connectivity index (χ2n) is 8.52. The fourth-order valence-electron chi connectivity index (χ4n) is 4.66. The summed E-state index contributed by atoms with van der Waals surface area (Å²) in [5.41, 5.74) is 6.92. The van der Waals surface area contributed by atoms with Crippen molar-refractivity contribution in [1.82, 2.24) is 4.90 Å². The van der Waals surface area contributed by atoms with Crippen LogP contribution in [0.3, 0.4) is 0 Å². The number of hydrogen-bond donors (Lipinski definition) is 0. The molecule has 0 saturated carbocycles. The number of nitrogens with zero attached hydrogens (tertiary/aromatic N) is 2. The summed E-state index contributed by atoms with van der Waals surface area (Å²) < 4.78 is 5.89. The van der Waals surface area contributed by atoms with Crippen LogP contribution < -0.4 is 0 Å². The number of methoxy groups -OCH3 is 1. The highest BCUT2D eigenvalue weighted by Crippen LogP contribution is 2.39. The van der Waals surface area contributed by atoms with Crippen molar-refractivity contribution < 1.29 is 9.66 Å². The van der Waals surface area contributed by atoms with Gasteiger partial charge in [-0.1, -0.05) is 54.6 Å². The Morgan fingerprint density at radius 1 is 0.969 bits per heavy atom. The first-order valence-electron chi connectivity index (χ1n) is 10.6. The number of aryl methyl sites for hydroxylation is 1. The summed E-state index contributed by atoms with van der Waals surface area (Å²) in [5.74, 6) is 0.507. The zero-order chi connectivity index (χ0) is 22.0. The number of rotatable bonds is 6. The molecule has 5 nitrogen and oxygen atoms in total. The quantitative estimate of drug-likeness (QED) is 0.332. The number of nitro groups is 1. The van der Waals surface area contributed by atoms with Gasteiger partial charge in [-0.25, -0.2) is 0 Å². The van der Waals surface area contributed by atoms with Gasteiger partial charge in [-0.2, -0.15) is 0 Å². The molecule has 168 valence electrons. The van der Waals surface area contributed by atoms with E-state index in [0.29, 0.717) is 5.92 Å². The van der Waals surface area contributed by atoms with Crippen LogP contribution in [0.2, 0.25) is 0 Å². The maximum atomic E-state index is 11.1. The molecule has 32 heavy (non-hydrogen) atoms. The van der Waals surface area contributed by atoms with E-state index in [1.807, 2.05) is 25.3 Å². The van der Waals surface area contributed by atoms with Gasteiger partial charge in [0.15, 0.2) is 0 Å². The predicted molar refractivity (Wildman–Crippen MR) is 131 cm³/mol. The van der Waals surface area contributed by atoms with Crippen LogP contribution in [0.15, 0.2) is 66.7 Å². The van der Waals surface area contributed by atoms with Crippen molar-refractivity contribution in [1.29, 1.82) is 0 Å². The third-order valence-corrected chi connectivity index (χ3v) is 6.12. The number of ether oxygens (including phenoxy) is 1. The van der Waals surface area contributed by atoms with Gasteiger partial charge in [0.25, 0.3) is 5.69 Å². The van der Waals surface area contributed by atoms with Crippen molar-refractivity contribution in [2.45, 2.75) is 18.9 Å². The predicted octanol–water partition coefficient (Wildman–Crippen LogP) is 6.16. The molecule has 0 radical (unpaired) electrons. The van der Waals surface area contributed by atoms with Gasteiger partial charge in [0.2, 0.25) is 0 Å². The topological polar surface area (TPSA) is 55.6 Å². The van der Waals surface area contributed by atoms with Crippen molar-refractivity contribution in [3.8, 4) is 22.3 Å². The van der Waals surface area contributed by atoms with E-state index in [1.54, 1.807) is 12.1 Å². The standard InChI is InChI=1S/C26H28N2O3.ClH/c1-27(2)17-23-12-11-22-15-21(13-14-25(22)26(23)31-3)19-9-7-18(8-10-19)20-5-4-6-24(16-20)28(29)30;/h4-10,13-16,23,26H,11-12,17H2,1-3H3;1H. The first-order chi connectivity index (χ1) is 15.0. The molecule has 3 aromatic rings. The lowest BCUT2D eigenvalue weighted by atomic mass is 9.80. The molecule has 0 aliphatic heterocycles. The molecule has 3 aromatic carbocycles. The van der Waals surface area contributed by atoms with Gasteiger partial charge < -0.3 is 9.64 Å². The van der Waals surface area contributed by atoms with E-state index in [-0.39, 0.29) is 29.1 Å². The number of nitro benzene ring substituents is 1. The SMILES string of the molecule is COC1c2ccc(-c3ccc(-c4cccc([N+](=O)[O-])c4)cc3)cc2CCC1CN(C)C.Cl. The van der Waals surface area contributed by atoms with Crippen molar-refractivity contribution in [2.75, 3.05) is 27.7 Å². The van der Waals surface area contributed by atoms with E-state index >= 15 is 0 Å². The van der Waals surface area contributed by atoms with E-state index in [0.717, 1.165) is 36.1 Å². The highest BCUT2D eigenvalue weighted by molar-refractivity contribution is 5.85. The van der Waals surface area contributed by atoms with Crippen LogP contribution in [0, 0.1) is 16.0 Å². The normalized spacial score (nSPS) is 17.5. The van der Waals surface area contributed by atoms with Gasteiger partial charge in [0.05, 0.1) is 11.0 Å². The van der Waals surface area contributed by atoms with Crippen LogP contribution in [-0.4, -0.2) is 37.6 Å². The lowest BCUT2D eigenvalue weighted by Crippen LogP contribution is -2.31. The highest BCUT2D eigenvalue weighted by atomic mass is 35.5. The van der Waals surface area contributed by atoms with E-state index in [1.165, 1.54) is 22.8 Å². The average molecular weight is 453 g/mol. The summed E-state index contributed by atoms with van der Waals surface area (Å²) in [4.78, 5) is 12.9. The summed E-state index contributed by atoms with van der Waals surface area (Å²) in [6, 6.07) is 21.7. The van der Waals surface area contributed by atoms with Crippen molar-refractivity contribution in [3.63, 3.8) is 0 Å². The van der Waals surface area contributed by atoms with Gasteiger partial charge >= 0.3 is 0 Å². The van der Waals surface area contributed by atoms with Crippen molar-refractivity contribution in [3.05, 3.63) is 88.0 Å². The molecule has 1 aliphatic rings. The summed E-state index contributed by atoms with van der Waals surface area (Å²) in [7, 11) is 6.04. The smallest absolute Gasteiger partial charge is 0.270 e. The Morgan fingerprint density at radius 3 is 2.19 bits per heavy atom. The first kappa shape index (κ1) is 23.9. The Balaban J connectivity index is 0.00000289. The fourth-order valence-corrected chi connectivity index (χ4v) is 4.66. The van der Waals surface area contributed by atoms with Gasteiger partial charge in [0, 0.05) is 31.7 Å². The van der Waals surface area contributed by atoms with Gasteiger partial charge in [-0.3, -0.25) is 10.1 Å². The van der Waals surface area contributed by atoms with Gasteiger partial charge in [-0.15, -0.1) is 12.4 Å². The molecule has 6 heteroatoms. The third kappa shape index (κ3) is 5.01. The van der Waals surface area contributed by atoms with E-state index in [9.17, 15) is 10.1 Å². The van der Waals surface area contributed by atoms with E-state index < -0.39 is 0 Å². The zero-order valence-corrected chi connectivity index (χ0v) is 19.5. The second-order valence-corrected chi connectivity index (χ2v) is 8.52. The minimum Gasteiger partial charge on any atom is -0.376 e. The van der Waals surface area contributed by atoms with Crippen LogP contribution in [0.25, 0.3) is 22.3 Å². The Hall–Kier alpha value is -2.73. The zero-order valence-electron chi connectivity index (χ0n) is 18.7. The number of fused-ring (bicyclic) bond motifs is 1. The molecular weight excluding hydrogens is 424 g/mol. The summed E-state index contributed by atoms with van der Waals surface area (Å²) in [6.45, 7) is 1.03. The lowest BCUT2D eigenvalue weighted by molar-refractivity contribution is -0.384. The molecule has 0 spiro atoms. The van der Waals surface area contributed by atoms with Crippen LogP contribution in [0.4, 0.5) is 5.69 Å². The fraction of sp³-hybridized carbons (Fsp3) is 0.308. The Kier molecular flexibility index (Phi) is 7.67. The minimum atomic E-state index is -0.360. The Labute approximate surface area is 195 Å². The van der Waals surface area contributed by atoms with Gasteiger partial charge in [0.1, 0.15) is 0 Å². The molecule has 2 atom stereocenters. The van der Waals surface area contributed by atoms with Crippen LogP contribution in [0.5, 0.6) is 0 Å². The van der Waals surface area contributed by atoms with Crippen LogP contribution in [0.1, 0.15) is 23.7 Å². The summed E-state index contributed by atoms with van der Waals surface area (Å²) in [5, 5.41) is 11.1. The molecule has 4 rings (SSSR count). The maximum Gasteiger partial charge on any atom is 0.270 e. The van der Waals surface area contributed by atoms with Crippen LogP contribution >= 0.6 is 12.4 Å².